The molecule has 1 atom stereocenters. The maximum Gasteiger partial charge on any atom is 0.335 e. The van der Waals surface area contributed by atoms with E-state index < -0.39 is 5.97 Å². The summed E-state index contributed by atoms with van der Waals surface area (Å²) in [5.41, 5.74) is 2.57. The average Bonchev–Trinajstić information content (AvgIpc) is 2.46. The number of aromatic carboxylic acids is 1. The number of carboxylic acids is 1. The molecule has 2 rings (SSSR count). The fraction of sp³-hybridized carbons (Fsp3) is 0.562. The van der Waals surface area contributed by atoms with Crippen LogP contribution >= 0.6 is 0 Å². The monoisotopic (exact) mass is 276 g/mol. The van der Waals surface area contributed by atoms with Crippen LogP contribution in [0.2, 0.25) is 0 Å². The minimum Gasteiger partial charge on any atom is -0.478 e. The van der Waals surface area contributed by atoms with E-state index in [2.05, 4.69) is 23.6 Å². The van der Waals surface area contributed by atoms with Gasteiger partial charge >= 0.3 is 5.97 Å². The van der Waals surface area contributed by atoms with Gasteiger partial charge in [-0.3, -0.25) is 4.90 Å². The van der Waals surface area contributed by atoms with E-state index in [-0.39, 0.29) is 0 Å². The molecule has 110 valence electrons. The van der Waals surface area contributed by atoms with Crippen LogP contribution < -0.4 is 4.90 Å². The molecule has 1 fully saturated rings. The topological polar surface area (TPSA) is 43.8 Å². The molecule has 1 unspecified atom stereocenters. The highest BCUT2D eigenvalue weighted by Gasteiger charge is 2.21. The third-order valence-electron chi connectivity index (χ3n) is 4.31. The average molecular weight is 276 g/mol. The van der Waals surface area contributed by atoms with Gasteiger partial charge < -0.3 is 10.0 Å². The Morgan fingerprint density at radius 1 is 1.30 bits per heavy atom. The Labute approximate surface area is 121 Å². The zero-order chi connectivity index (χ0) is 14.7. The van der Waals surface area contributed by atoms with Crippen molar-refractivity contribution in [3.63, 3.8) is 0 Å². The molecule has 4 heteroatoms. The summed E-state index contributed by atoms with van der Waals surface area (Å²) in [6.07, 6.45) is 1.19. The second-order valence-electron chi connectivity index (χ2n) is 5.59. The second kappa shape index (κ2) is 6.27. The standard InChI is InChI=1S/C16H24N2O2/c1-4-13(3)17-7-9-18(10-8-17)15-6-5-14(16(19)20)11-12(15)2/h5-6,11,13H,4,7-10H2,1-3H3,(H,19,20). The summed E-state index contributed by atoms with van der Waals surface area (Å²) in [6, 6.07) is 6.05. The second-order valence-corrected chi connectivity index (χ2v) is 5.59. The number of nitrogens with zero attached hydrogens (tertiary/aromatic N) is 2. The normalized spacial score (nSPS) is 18.1. The number of aryl methyl sites for hydroxylation is 1. The Morgan fingerprint density at radius 3 is 2.45 bits per heavy atom. The molecule has 1 heterocycles. The third-order valence-corrected chi connectivity index (χ3v) is 4.31. The SMILES string of the molecule is CCC(C)N1CCN(c2ccc(C(=O)O)cc2C)CC1. The van der Waals surface area contributed by atoms with Crippen molar-refractivity contribution >= 4 is 11.7 Å². The van der Waals surface area contributed by atoms with E-state index in [0.29, 0.717) is 11.6 Å². The predicted octanol–water partition coefficient (Wildman–Crippen LogP) is 2.61. The lowest BCUT2D eigenvalue weighted by atomic mass is 10.1. The number of hydrogen-bond donors (Lipinski definition) is 1. The minimum atomic E-state index is -0.860. The van der Waals surface area contributed by atoms with Crippen LogP contribution in [-0.4, -0.2) is 48.2 Å². The first-order chi connectivity index (χ1) is 9.52. The largest absolute Gasteiger partial charge is 0.478 e. The lowest BCUT2D eigenvalue weighted by Gasteiger charge is -2.39. The van der Waals surface area contributed by atoms with Crippen LogP contribution in [0.15, 0.2) is 18.2 Å². The number of hydrogen-bond acceptors (Lipinski definition) is 3. The van der Waals surface area contributed by atoms with E-state index in [0.717, 1.165) is 31.7 Å². The summed E-state index contributed by atoms with van der Waals surface area (Å²) in [7, 11) is 0. The number of benzene rings is 1. The van der Waals surface area contributed by atoms with Crippen molar-refractivity contribution in [3.05, 3.63) is 29.3 Å². The Morgan fingerprint density at radius 2 is 1.95 bits per heavy atom. The molecular formula is C16H24N2O2. The first-order valence-corrected chi connectivity index (χ1v) is 7.36. The van der Waals surface area contributed by atoms with Gasteiger partial charge in [0, 0.05) is 37.9 Å². The van der Waals surface area contributed by atoms with Gasteiger partial charge in [-0.15, -0.1) is 0 Å². The molecule has 1 aliphatic heterocycles. The lowest BCUT2D eigenvalue weighted by molar-refractivity contribution is 0.0697. The van der Waals surface area contributed by atoms with E-state index in [1.807, 2.05) is 13.0 Å². The molecule has 1 N–H and O–H groups in total. The fourth-order valence-corrected chi connectivity index (χ4v) is 2.81. The highest BCUT2D eigenvalue weighted by molar-refractivity contribution is 5.88. The Kier molecular flexibility index (Phi) is 4.65. The van der Waals surface area contributed by atoms with Gasteiger partial charge in [0.2, 0.25) is 0 Å². The fourth-order valence-electron chi connectivity index (χ4n) is 2.81. The van der Waals surface area contributed by atoms with E-state index in [4.69, 9.17) is 5.11 Å². The van der Waals surface area contributed by atoms with Gasteiger partial charge in [0.05, 0.1) is 5.56 Å². The molecule has 0 aromatic heterocycles. The molecular weight excluding hydrogens is 252 g/mol. The minimum absolute atomic E-state index is 0.365. The van der Waals surface area contributed by atoms with Crippen molar-refractivity contribution in [2.75, 3.05) is 31.1 Å². The van der Waals surface area contributed by atoms with Crippen molar-refractivity contribution in [3.8, 4) is 0 Å². The summed E-state index contributed by atoms with van der Waals surface area (Å²) in [6.45, 7) is 10.7. The highest BCUT2D eigenvalue weighted by Crippen LogP contribution is 2.23. The summed E-state index contributed by atoms with van der Waals surface area (Å²) < 4.78 is 0. The van der Waals surface area contributed by atoms with Crippen LogP contribution in [0.4, 0.5) is 5.69 Å². The molecule has 1 aromatic carbocycles. The van der Waals surface area contributed by atoms with Crippen molar-refractivity contribution in [2.24, 2.45) is 0 Å². The van der Waals surface area contributed by atoms with Crippen molar-refractivity contribution in [1.29, 1.82) is 0 Å². The molecule has 0 saturated carbocycles. The van der Waals surface area contributed by atoms with Gasteiger partial charge in [-0.05, 0) is 44.0 Å². The quantitative estimate of drug-likeness (QED) is 0.918. The van der Waals surface area contributed by atoms with Gasteiger partial charge in [0.25, 0.3) is 0 Å². The summed E-state index contributed by atoms with van der Waals surface area (Å²) in [5, 5.41) is 9.01. The van der Waals surface area contributed by atoms with E-state index in [9.17, 15) is 4.79 Å². The van der Waals surface area contributed by atoms with Crippen LogP contribution in [-0.2, 0) is 0 Å². The van der Waals surface area contributed by atoms with E-state index >= 15 is 0 Å². The maximum absolute atomic E-state index is 11.0. The van der Waals surface area contributed by atoms with Gasteiger partial charge in [-0.25, -0.2) is 4.79 Å². The Balaban J connectivity index is 2.05. The zero-order valence-electron chi connectivity index (χ0n) is 12.6. The summed E-state index contributed by atoms with van der Waals surface area (Å²) in [4.78, 5) is 15.9. The molecule has 0 aliphatic carbocycles. The smallest absolute Gasteiger partial charge is 0.335 e. The summed E-state index contributed by atoms with van der Waals surface area (Å²) in [5.74, 6) is -0.860. The van der Waals surface area contributed by atoms with Gasteiger partial charge in [-0.1, -0.05) is 6.92 Å². The van der Waals surface area contributed by atoms with Crippen LogP contribution in [0.3, 0.4) is 0 Å². The molecule has 1 aliphatic rings. The maximum atomic E-state index is 11.0. The highest BCUT2D eigenvalue weighted by atomic mass is 16.4. The van der Waals surface area contributed by atoms with Crippen LogP contribution in [0.1, 0.15) is 36.2 Å². The predicted molar refractivity (Wildman–Crippen MR) is 81.7 cm³/mol. The van der Waals surface area contributed by atoms with E-state index in [1.54, 1.807) is 12.1 Å². The third kappa shape index (κ3) is 3.12. The van der Waals surface area contributed by atoms with Crippen LogP contribution in [0.5, 0.6) is 0 Å². The Hall–Kier alpha value is -1.55. The van der Waals surface area contributed by atoms with Gasteiger partial charge in [0.15, 0.2) is 0 Å². The van der Waals surface area contributed by atoms with Crippen LogP contribution in [0, 0.1) is 6.92 Å². The first-order valence-electron chi connectivity index (χ1n) is 7.36. The molecule has 0 amide bonds. The number of piperazine rings is 1. The molecule has 1 saturated heterocycles. The number of carbonyl (C=O) groups is 1. The molecule has 0 radical (unpaired) electrons. The first kappa shape index (κ1) is 14.9. The zero-order valence-corrected chi connectivity index (χ0v) is 12.6. The molecule has 1 aromatic rings. The van der Waals surface area contributed by atoms with Crippen molar-refractivity contribution in [1.82, 2.24) is 4.90 Å². The van der Waals surface area contributed by atoms with E-state index in [1.165, 1.54) is 12.1 Å². The van der Waals surface area contributed by atoms with Crippen molar-refractivity contribution < 1.29 is 9.90 Å². The van der Waals surface area contributed by atoms with Crippen molar-refractivity contribution in [2.45, 2.75) is 33.2 Å². The van der Waals surface area contributed by atoms with Gasteiger partial charge in [0.1, 0.15) is 0 Å². The molecule has 0 spiro atoms. The molecule has 20 heavy (non-hydrogen) atoms. The number of carboxylic acid groups (broad SMARTS) is 1. The number of rotatable bonds is 4. The molecule has 0 bridgehead atoms. The summed E-state index contributed by atoms with van der Waals surface area (Å²) >= 11 is 0. The molecule has 4 nitrogen and oxygen atoms in total. The lowest BCUT2D eigenvalue weighted by Crippen LogP contribution is -2.49. The van der Waals surface area contributed by atoms with Crippen LogP contribution in [0.25, 0.3) is 0 Å². The number of anilines is 1. The van der Waals surface area contributed by atoms with Gasteiger partial charge in [-0.2, -0.15) is 0 Å². The Bertz CT molecular complexity index is 479.